The summed E-state index contributed by atoms with van der Waals surface area (Å²) in [7, 11) is 0. The van der Waals surface area contributed by atoms with Crippen molar-refractivity contribution in [1.29, 1.82) is 0 Å². The Morgan fingerprint density at radius 1 is 0.900 bits per heavy atom. The Labute approximate surface area is 207 Å². The summed E-state index contributed by atoms with van der Waals surface area (Å²) in [4.78, 5) is 34.4. The molecule has 1 amide bonds. The van der Waals surface area contributed by atoms with Crippen molar-refractivity contribution in [2.75, 3.05) is 5.32 Å². The number of carboxylic acids is 1. The van der Waals surface area contributed by atoms with Gasteiger partial charge in [-0.2, -0.15) is 8.78 Å². The zero-order valence-corrected chi connectivity index (χ0v) is 20.8. The number of anilines is 1. The molecule has 2 N–H and O–H groups in total. The number of carbonyl (C=O) groups is 3. The Morgan fingerprint density at radius 3 is 1.87 bits per heavy atom. The lowest BCUT2D eigenvalue weighted by Gasteiger charge is -2.10. The molecule has 0 aliphatic heterocycles. The van der Waals surface area contributed by atoms with Gasteiger partial charge < -0.3 is 15.2 Å². The molecule has 13 heteroatoms. The van der Waals surface area contributed by atoms with E-state index in [0.29, 0.717) is 5.69 Å². The minimum absolute atomic E-state index is 0.445. The third kappa shape index (κ3) is 5.71. The molecule has 0 bridgehead atoms. The average molecular weight is 763 g/mol. The number of nitrogens with one attached hydrogen (secondary N) is 1. The highest BCUT2D eigenvalue weighted by atomic mass is 127. The van der Waals surface area contributed by atoms with Crippen molar-refractivity contribution >= 4 is 91.3 Å². The highest BCUT2D eigenvalue weighted by molar-refractivity contribution is 14.1. The molecule has 2 aromatic carbocycles. The van der Waals surface area contributed by atoms with Gasteiger partial charge in [-0.1, -0.05) is 0 Å². The molecule has 160 valence electrons. The zero-order chi connectivity index (χ0) is 22.7. The number of rotatable bonds is 6. The molecule has 30 heavy (non-hydrogen) atoms. The molecule has 6 nitrogen and oxygen atoms in total. The molecule has 0 saturated carbocycles. The van der Waals surface area contributed by atoms with Gasteiger partial charge in [0.1, 0.15) is 5.56 Å². The number of benzene rings is 2. The van der Waals surface area contributed by atoms with E-state index in [9.17, 15) is 31.9 Å². The van der Waals surface area contributed by atoms with E-state index in [4.69, 9.17) is 5.11 Å². The van der Waals surface area contributed by atoms with Gasteiger partial charge >= 0.3 is 11.9 Å². The highest BCUT2D eigenvalue weighted by Gasteiger charge is 2.31. The Balaban J connectivity index is 2.06. The normalized spacial score (nSPS) is 10.6. The third-order valence-electron chi connectivity index (χ3n) is 3.48. The van der Waals surface area contributed by atoms with Crippen LogP contribution in [0.3, 0.4) is 0 Å². The van der Waals surface area contributed by atoms with E-state index in [1.54, 1.807) is 12.1 Å². The van der Waals surface area contributed by atoms with Gasteiger partial charge in [-0.3, -0.25) is 9.59 Å². The monoisotopic (exact) mass is 763 g/mol. The van der Waals surface area contributed by atoms with Gasteiger partial charge in [-0.05, 0) is 79.9 Å². The fourth-order valence-corrected chi connectivity index (χ4v) is 4.20. The van der Waals surface area contributed by atoms with Crippen molar-refractivity contribution in [2.45, 2.75) is 12.8 Å². The van der Waals surface area contributed by atoms with Gasteiger partial charge in [0, 0.05) is 22.8 Å². The molecule has 0 aliphatic carbocycles. The van der Waals surface area contributed by atoms with Crippen LogP contribution >= 0.6 is 67.8 Å². The summed E-state index contributed by atoms with van der Waals surface area (Å²) in [6.07, 6.45) is -1.10. The number of hydrogen-bond acceptors (Lipinski definition) is 4. The molecular formula is C17H8F4I3NO5. The average Bonchev–Trinajstić information content (AvgIpc) is 2.66. The minimum atomic E-state index is -2.24. The molecule has 0 radical (unpaired) electrons. The van der Waals surface area contributed by atoms with Gasteiger partial charge in [0.25, 0.3) is 0 Å². The SMILES string of the molecule is O=C(CCC(=O)Oc1c(F)c(F)c(C(=O)O)c(F)c1F)Nc1cc(I)c(I)c(I)c1. The van der Waals surface area contributed by atoms with Crippen LogP contribution < -0.4 is 10.1 Å². The number of carboxylic acid groups (broad SMARTS) is 1. The van der Waals surface area contributed by atoms with Crippen LogP contribution in [-0.4, -0.2) is 23.0 Å². The second-order valence-corrected chi connectivity index (χ2v) is 8.94. The molecular weight excluding hydrogens is 755 g/mol. The fourth-order valence-electron chi connectivity index (χ4n) is 2.12. The van der Waals surface area contributed by atoms with Crippen molar-refractivity contribution in [1.82, 2.24) is 0 Å². The molecule has 0 heterocycles. The van der Waals surface area contributed by atoms with Crippen molar-refractivity contribution in [3.63, 3.8) is 0 Å². The van der Waals surface area contributed by atoms with Gasteiger partial charge in [-0.15, -0.1) is 0 Å². The van der Waals surface area contributed by atoms with E-state index in [1.807, 2.05) is 0 Å². The van der Waals surface area contributed by atoms with Crippen LogP contribution in [-0.2, 0) is 9.59 Å². The number of amides is 1. The lowest BCUT2D eigenvalue weighted by Crippen LogP contribution is -2.18. The Hall–Kier alpha value is -1.24. The fraction of sp³-hybridized carbons (Fsp3) is 0.118. The summed E-state index contributed by atoms with van der Waals surface area (Å²) in [5.41, 5.74) is -1.39. The van der Waals surface area contributed by atoms with E-state index in [0.717, 1.165) is 10.7 Å². The van der Waals surface area contributed by atoms with E-state index in [1.165, 1.54) is 0 Å². The van der Waals surface area contributed by atoms with Gasteiger partial charge in [0.05, 0.1) is 6.42 Å². The summed E-state index contributed by atoms with van der Waals surface area (Å²) in [6, 6.07) is 3.39. The molecule has 0 aromatic heterocycles. The number of esters is 1. The Bertz CT molecular complexity index is 1010. The number of carbonyl (C=O) groups excluding carboxylic acids is 2. The first-order valence-corrected chi connectivity index (χ1v) is 10.9. The summed E-state index contributed by atoms with van der Waals surface area (Å²) in [5.74, 6) is -14.7. The van der Waals surface area contributed by atoms with Gasteiger partial charge in [0.15, 0.2) is 11.6 Å². The zero-order valence-electron chi connectivity index (χ0n) is 14.3. The molecule has 2 aromatic rings. The summed E-state index contributed by atoms with van der Waals surface area (Å²) >= 11 is 6.29. The molecule has 0 aliphatic rings. The first kappa shape index (κ1) is 25.0. The maximum atomic E-state index is 13.8. The van der Waals surface area contributed by atoms with Gasteiger partial charge in [-0.25, -0.2) is 13.6 Å². The number of hydrogen-bond donors (Lipinski definition) is 2. The number of aromatic carboxylic acids is 1. The first-order valence-electron chi connectivity index (χ1n) is 7.68. The largest absolute Gasteiger partial charge is 0.477 e. The minimum Gasteiger partial charge on any atom is -0.477 e. The van der Waals surface area contributed by atoms with Crippen LogP contribution in [0.1, 0.15) is 23.2 Å². The van der Waals surface area contributed by atoms with Crippen LogP contribution in [0, 0.1) is 34.0 Å². The van der Waals surface area contributed by atoms with Crippen LogP contribution in [0.15, 0.2) is 12.1 Å². The van der Waals surface area contributed by atoms with E-state index in [2.05, 4.69) is 77.8 Å². The van der Waals surface area contributed by atoms with Crippen molar-refractivity contribution in [3.8, 4) is 5.75 Å². The molecule has 0 fully saturated rings. The third-order valence-corrected chi connectivity index (χ3v) is 8.40. The van der Waals surface area contributed by atoms with Crippen molar-refractivity contribution < 1.29 is 41.8 Å². The van der Waals surface area contributed by atoms with Crippen LogP contribution in [0.4, 0.5) is 23.2 Å². The van der Waals surface area contributed by atoms with Crippen LogP contribution in [0.5, 0.6) is 5.75 Å². The van der Waals surface area contributed by atoms with E-state index >= 15 is 0 Å². The molecule has 0 unspecified atom stereocenters. The van der Waals surface area contributed by atoms with Crippen LogP contribution in [0.25, 0.3) is 0 Å². The summed E-state index contributed by atoms with van der Waals surface area (Å²) in [6.45, 7) is 0. The first-order chi connectivity index (χ1) is 13.9. The molecule has 2 rings (SSSR count). The van der Waals surface area contributed by atoms with Gasteiger partial charge in [0.2, 0.25) is 23.3 Å². The smallest absolute Gasteiger partial charge is 0.341 e. The lowest BCUT2D eigenvalue weighted by molar-refractivity contribution is -0.136. The predicted octanol–water partition coefficient (Wildman–Crippen LogP) is 5.08. The number of halogens is 7. The van der Waals surface area contributed by atoms with Crippen LogP contribution in [0.2, 0.25) is 0 Å². The Morgan fingerprint density at radius 2 is 1.40 bits per heavy atom. The summed E-state index contributed by atoms with van der Waals surface area (Å²) in [5, 5.41) is 11.2. The summed E-state index contributed by atoms with van der Waals surface area (Å²) < 4.78 is 61.9. The predicted molar refractivity (Wildman–Crippen MR) is 121 cm³/mol. The highest BCUT2D eigenvalue weighted by Crippen LogP contribution is 2.30. The standard InChI is InChI=1S/C17H8F4I3NO5/c18-11-10(17(28)29)12(19)14(21)16(13(11)20)30-9(27)2-1-8(26)25-5-3-6(22)15(24)7(23)4-5/h3-4H,1-2H2,(H,25,26)(H,28,29). The second kappa shape index (κ2) is 10.4. The topological polar surface area (TPSA) is 92.7 Å². The number of ether oxygens (including phenoxy) is 1. The van der Waals surface area contributed by atoms with E-state index < -0.39 is 65.3 Å². The maximum Gasteiger partial charge on any atom is 0.341 e. The Kier molecular flexibility index (Phi) is 8.66. The molecule has 0 atom stereocenters. The second-order valence-electron chi connectivity index (χ2n) is 5.54. The quantitative estimate of drug-likeness (QED) is 0.107. The maximum absolute atomic E-state index is 13.8. The van der Waals surface area contributed by atoms with E-state index in [-0.39, 0.29) is 0 Å². The lowest BCUT2D eigenvalue weighted by atomic mass is 10.1. The van der Waals surface area contributed by atoms with Crippen molar-refractivity contribution in [2.24, 2.45) is 0 Å². The van der Waals surface area contributed by atoms with Crippen molar-refractivity contribution in [3.05, 3.63) is 51.7 Å². The molecule has 0 saturated heterocycles. The molecule has 0 spiro atoms.